The summed E-state index contributed by atoms with van der Waals surface area (Å²) >= 11 is 0. The van der Waals surface area contributed by atoms with Crippen LogP contribution in [0.25, 0.3) is 0 Å². The predicted octanol–water partition coefficient (Wildman–Crippen LogP) is 2.92. The van der Waals surface area contributed by atoms with E-state index >= 15 is 0 Å². The number of methoxy groups -OCH3 is 2. The Morgan fingerprint density at radius 3 is 2.68 bits per heavy atom. The number of nitrogens with zero attached hydrogens (tertiary/aromatic N) is 2. The van der Waals surface area contributed by atoms with E-state index in [0.29, 0.717) is 29.6 Å². The number of rotatable bonds is 5. The maximum Gasteiger partial charge on any atom is 0.255 e. The third kappa shape index (κ3) is 3.06. The highest BCUT2D eigenvalue weighted by molar-refractivity contribution is 5.43. The standard InChI is InChI=1S/C16H20N2O4/c1-10-4-6-13(21-10)16-17-15(18-22-16)9-11-5-7-12(19-2)14(8-11)20-3/h5,7-8,10,13H,4,6,9H2,1-3H3. The molecule has 3 rings (SSSR count). The van der Waals surface area contributed by atoms with Gasteiger partial charge in [0.15, 0.2) is 17.3 Å². The first-order valence-corrected chi connectivity index (χ1v) is 7.38. The molecule has 1 aliphatic rings. The number of benzene rings is 1. The summed E-state index contributed by atoms with van der Waals surface area (Å²) < 4.78 is 21.6. The molecule has 2 aromatic rings. The topological polar surface area (TPSA) is 66.6 Å². The van der Waals surface area contributed by atoms with Gasteiger partial charge < -0.3 is 18.7 Å². The van der Waals surface area contributed by atoms with Crippen LogP contribution in [0.15, 0.2) is 22.7 Å². The SMILES string of the molecule is COc1ccc(Cc2noc(C3CCC(C)O3)n2)cc1OC. The van der Waals surface area contributed by atoms with Gasteiger partial charge in [0.2, 0.25) is 0 Å². The van der Waals surface area contributed by atoms with Gasteiger partial charge in [-0.05, 0) is 37.5 Å². The first-order valence-electron chi connectivity index (χ1n) is 7.38. The van der Waals surface area contributed by atoms with E-state index in [1.165, 1.54) is 0 Å². The molecular weight excluding hydrogens is 284 g/mol. The highest BCUT2D eigenvalue weighted by atomic mass is 16.5. The van der Waals surface area contributed by atoms with Crippen LogP contribution in [-0.2, 0) is 11.2 Å². The van der Waals surface area contributed by atoms with E-state index in [1.54, 1.807) is 14.2 Å². The lowest BCUT2D eigenvalue weighted by Crippen LogP contribution is -2.01. The minimum atomic E-state index is -0.0679. The number of hydrogen-bond donors (Lipinski definition) is 0. The van der Waals surface area contributed by atoms with Gasteiger partial charge in [-0.25, -0.2) is 0 Å². The Morgan fingerprint density at radius 1 is 1.18 bits per heavy atom. The second-order valence-corrected chi connectivity index (χ2v) is 5.43. The summed E-state index contributed by atoms with van der Waals surface area (Å²) in [5.41, 5.74) is 1.03. The third-order valence-corrected chi connectivity index (χ3v) is 3.80. The van der Waals surface area contributed by atoms with Crippen molar-refractivity contribution < 1.29 is 18.7 Å². The van der Waals surface area contributed by atoms with Crippen molar-refractivity contribution in [1.82, 2.24) is 10.1 Å². The molecule has 6 nitrogen and oxygen atoms in total. The van der Waals surface area contributed by atoms with Crippen LogP contribution in [0.4, 0.5) is 0 Å². The number of aromatic nitrogens is 2. The van der Waals surface area contributed by atoms with Gasteiger partial charge in [0.25, 0.3) is 5.89 Å². The van der Waals surface area contributed by atoms with Crippen molar-refractivity contribution >= 4 is 0 Å². The summed E-state index contributed by atoms with van der Waals surface area (Å²) in [7, 11) is 3.23. The molecule has 0 N–H and O–H groups in total. The maximum atomic E-state index is 5.74. The van der Waals surface area contributed by atoms with Crippen molar-refractivity contribution in [3.05, 3.63) is 35.5 Å². The molecule has 2 unspecified atom stereocenters. The average molecular weight is 304 g/mol. The molecule has 1 saturated heterocycles. The average Bonchev–Trinajstić information content (AvgIpc) is 3.16. The second kappa shape index (κ2) is 6.36. The van der Waals surface area contributed by atoms with Crippen LogP contribution in [0.1, 0.15) is 43.1 Å². The van der Waals surface area contributed by atoms with Gasteiger partial charge in [0, 0.05) is 6.42 Å². The molecular formula is C16H20N2O4. The van der Waals surface area contributed by atoms with Gasteiger partial charge in [-0.15, -0.1) is 0 Å². The van der Waals surface area contributed by atoms with Crippen LogP contribution < -0.4 is 9.47 Å². The van der Waals surface area contributed by atoms with E-state index in [-0.39, 0.29) is 12.2 Å². The fraction of sp³-hybridized carbons (Fsp3) is 0.500. The smallest absolute Gasteiger partial charge is 0.255 e. The zero-order valence-electron chi connectivity index (χ0n) is 13.0. The van der Waals surface area contributed by atoms with Crippen LogP contribution in [0.3, 0.4) is 0 Å². The van der Waals surface area contributed by atoms with Gasteiger partial charge in [0.05, 0.1) is 20.3 Å². The molecule has 0 amide bonds. The quantitative estimate of drug-likeness (QED) is 0.846. The fourth-order valence-corrected chi connectivity index (χ4v) is 2.63. The highest BCUT2D eigenvalue weighted by Crippen LogP contribution is 2.32. The van der Waals surface area contributed by atoms with Crippen molar-refractivity contribution in [1.29, 1.82) is 0 Å². The second-order valence-electron chi connectivity index (χ2n) is 5.43. The van der Waals surface area contributed by atoms with Crippen LogP contribution in [0, 0.1) is 0 Å². The first kappa shape index (κ1) is 14.8. The van der Waals surface area contributed by atoms with E-state index in [2.05, 4.69) is 17.1 Å². The lowest BCUT2D eigenvalue weighted by molar-refractivity contribution is 0.0355. The molecule has 0 saturated carbocycles. The van der Waals surface area contributed by atoms with Crippen molar-refractivity contribution in [2.75, 3.05) is 14.2 Å². The minimum Gasteiger partial charge on any atom is -0.493 e. The molecule has 2 heterocycles. The van der Waals surface area contributed by atoms with E-state index in [9.17, 15) is 0 Å². The van der Waals surface area contributed by atoms with E-state index in [0.717, 1.165) is 18.4 Å². The normalized spacial score (nSPS) is 21.0. The van der Waals surface area contributed by atoms with Gasteiger partial charge in [0.1, 0.15) is 6.10 Å². The molecule has 1 aromatic carbocycles. The molecule has 0 aliphatic carbocycles. The van der Waals surface area contributed by atoms with Crippen molar-refractivity contribution in [3.8, 4) is 11.5 Å². The molecule has 22 heavy (non-hydrogen) atoms. The van der Waals surface area contributed by atoms with Gasteiger partial charge in [-0.1, -0.05) is 11.2 Å². The third-order valence-electron chi connectivity index (χ3n) is 3.80. The van der Waals surface area contributed by atoms with Crippen molar-refractivity contribution in [3.63, 3.8) is 0 Å². The Labute approximate surface area is 129 Å². The number of hydrogen-bond acceptors (Lipinski definition) is 6. The Bertz CT molecular complexity index is 641. The molecule has 0 bridgehead atoms. The molecule has 6 heteroatoms. The largest absolute Gasteiger partial charge is 0.493 e. The van der Waals surface area contributed by atoms with E-state index < -0.39 is 0 Å². The lowest BCUT2D eigenvalue weighted by Gasteiger charge is -2.08. The van der Waals surface area contributed by atoms with Gasteiger partial charge in [-0.2, -0.15) is 4.98 Å². The fourth-order valence-electron chi connectivity index (χ4n) is 2.63. The Balaban J connectivity index is 1.72. The van der Waals surface area contributed by atoms with Crippen LogP contribution >= 0.6 is 0 Å². The summed E-state index contributed by atoms with van der Waals surface area (Å²) in [5.74, 6) is 2.61. The summed E-state index contributed by atoms with van der Waals surface area (Å²) in [5, 5.41) is 4.04. The van der Waals surface area contributed by atoms with Gasteiger partial charge >= 0.3 is 0 Å². The molecule has 2 atom stereocenters. The minimum absolute atomic E-state index is 0.0679. The molecule has 1 aliphatic heterocycles. The van der Waals surface area contributed by atoms with Crippen molar-refractivity contribution in [2.24, 2.45) is 0 Å². The molecule has 118 valence electrons. The first-order chi connectivity index (χ1) is 10.7. The summed E-state index contributed by atoms with van der Waals surface area (Å²) in [4.78, 5) is 4.45. The number of ether oxygens (including phenoxy) is 3. The Morgan fingerprint density at radius 2 is 2.00 bits per heavy atom. The maximum absolute atomic E-state index is 5.74. The molecule has 1 fully saturated rings. The van der Waals surface area contributed by atoms with Crippen LogP contribution in [0.5, 0.6) is 11.5 Å². The molecule has 0 radical (unpaired) electrons. The Kier molecular flexibility index (Phi) is 4.29. The highest BCUT2D eigenvalue weighted by Gasteiger charge is 2.28. The van der Waals surface area contributed by atoms with E-state index in [4.69, 9.17) is 18.7 Å². The lowest BCUT2D eigenvalue weighted by atomic mass is 10.1. The summed E-state index contributed by atoms with van der Waals surface area (Å²) in [6.45, 7) is 2.06. The summed E-state index contributed by atoms with van der Waals surface area (Å²) in [6, 6.07) is 5.76. The van der Waals surface area contributed by atoms with Gasteiger partial charge in [-0.3, -0.25) is 0 Å². The van der Waals surface area contributed by atoms with E-state index in [1.807, 2.05) is 18.2 Å². The Hall–Kier alpha value is -2.08. The van der Waals surface area contributed by atoms with Crippen molar-refractivity contribution in [2.45, 2.75) is 38.4 Å². The summed E-state index contributed by atoms with van der Waals surface area (Å²) in [6.07, 6.45) is 2.72. The monoisotopic (exact) mass is 304 g/mol. The molecule has 1 aromatic heterocycles. The zero-order valence-corrected chi connectivity index (χ0v) is 13.0. The van der Waals surface area contributed by atoms with Crippen LogP contribution in [0.2, 0.25) is 0 Å². The van der Waals surface area contributed by atoms with Crippen LogP contribution in [-0.4, -0.2) is 30.5 Å². The predicted molar refractivity (Wildman–Crippen MR) is 79.2 cm³/mol. The zero-order chi connectivity index (χ0) is 15.5. The molecule has 0 spiro atoms.